The molecule has 5 rings (SSSR count). The molecule has 2 aliphatic carbocycles. The molecule has 0 radical (unpaired) electrons. The van der Waals surface area contributed by atoms with Crippen LogP contribution in [0.2, 0.25) is 0 Å². The van der Waals surface area contributed by atoms with Gasteiger partial charge in [0.05, 0.1) is 21.3 Å². The number of nitrogens with one attached hydrogen (secondary N) is 1. The fraction of sp³-hybridized carbons (Fsp3) is 0.350. The second-order valence-electron chi connectivity index (χ2n) is 8.00. The minimum Gasteiger partial charge on any atom is -0.393 e. The Morgan fingerprint density at radius 2 is 1.87 bits per heavy atom. The first-order valence-corrected chi connectivity index (χ1v) is 11.2. The van der Waals surface area contributed by atoms with Crippen molar-refractivity contribution in [3.63, 3.8) is 0 Å². The summed E-state index contributed by atoms with van der Waals surface area (Å²) in [5, 5.41) is 23.4. The summed E-state index contributed by atoms with van der Waals surface area (Å²) in [6.07, 6.45) is 4.61. The summed E-state index contributed by atoms with van der Waals surface area (Å²) < 4.78 is 27.2. The number of nitrogens with zero attached hydrogens (tertiary/aromatic N) is 3. The molecule has 10 heteroatoms. The number of pyridine rings is 1. The Morgan fingerprint density at radius 1 is 1.10 bits per heavy atom. The smallest absolute Gasteiger partial charge is 0.358 e. The summed E-state index contributed by atoms with van der Waals surface area (Å²) in [5.74, 6) is 0.476. The lowest BCUT2D eigenvalue weighted by atomic mass is 9.93. The number of aliphatic hydroxyl groups excluding tert-OH is 1. The van der Waals surface area contributed by atoms with Gasteiger partial charge in [-0.3, -0.25) is 0 Å². The first-order chi connectivity index (χ1) is 14.4. The van der Waals surface area contributed by atoms with Crippen LogP contribution in [0.1, 0.15) is 19.3 Å². The molecule has 0 unspecified atom stereocenters. The number of benzene rings is 1. The highest BCUT2D eigenvalue weighted by molar-refractivity contribution is 7.90. The van der Waals surface area contributed by atoms with Gasteiger partial charge in [0.1, 0.15) is 11.9 Å². The molecule has 3 N–H and O–H groups in total. The zero-order valence-corrected chi connectivity index (χ0v) is 16.7. The van der Waals surface area contributed by atoms with Crippen molar-refractivity contribution in [1.82, 2.24) is 8.96 Å². The van der Waals surface area contributed by atoms with Crippen LogP contribution in [0.5, 0.6) is 0 Å². The molecule has 1 aromatic carbocycles. The van der Waals surface area contributed by atoms with E-state index < -0.39 is 10.0 Å². The number of aliphatic hydroxyl groups is 1. The quantitative estimate of drug-likeness (QED) is 0.533. The molecule has 2 saturated carbocycles. The van der Waals surface area contributed by atoms with Gasteiger partial charge in [0.2, 0.25) is 0 Å². The maximum atomic E-state index is 13.1. The second-order valence-corrected chi connectivity index (χ2v) is 9.82. The molecule has 2 bridgehead atoms. The first-order valence-electron chi connectivity index (χ1n) is 9.77. The number of hydrogen-bond acceptors (Lipinski definition) is 6. The van der Waals surface area contributed by atoms with Gasteiger partial charge in [-0.25, -0.2) is 22.6 Å². The van der Waals surface area contributed by atoms with Crippen LogP contribution in [0.25, 0.3) is 11.0 Å². The monoisotopic (exact) mass is 429 g/mol. The molecule has 9 nitrogen and oxygen atoms in total. The van der Waals surface area contributed by atoms with Gasteiger partial charge in [-0.15, -0.1) is 0 Å². The highest BCUT2D eigenvalue weighted by atomic mass is 32.2. The average Bonchev–Trinajstić information content (AvgIpc) is 3.42. The highest BCUT2D eigenvalue weighted by Gasteiger charge is 2.46. The molecule has 3 aromatic rings. The first kappa shape index (κ1) is 19.0. The number of anilines is 1. The molecule has 2 fully saturated rings. The third-order valence-electron chi connectivity index (χ3n) is 6.32. The Labute approximate surface area is 172 Å². The summed E-state index contributed by atoms with van der Waals surface area (Å²) in [6.45, 7) is 0. The fourth-order valence-electron chi connectivity index (χ4n) is 4.86. The molecule has 0 spiro atoms. The van der Waals surface area contributed by atoms with Crippen molar-refractivity contribution in [1.29, 1.82) is 0 Å². The van der Waals surface area contributed by atoms with Crippen molar-refractivity contribution in [3.05, 3.63) is 53.7 Å². The van der Waals surface area contributed by atoms with E-state index in [2.05, 4.69) is 10.3 Å². The zero-order chi connectivity index (χ0) is 21.0. The van der Waals surface area contributed by atoms with Crippen molar-refractivity contribution in [2.45, 2.75) is 36.3 Å². The van der Waals surface area contributed by atoms with Crippen LogP contribution >= 0.6 is 0 Å². The van der Waals surface area contributed by atoms with Gasteiger partial charge in [-0.2, -0.15) is 0 Å². The van der Waals surface area contributed by atoms with Crippen LogP contribution in [-0.4, -0.2) is 44.8 Å². The molecule has 0 aliphatic heterocycles. The third kappa shape index (κ3) is 2.86. The van der Waals surface area contributed by atoms with Crippen LogP contribution in [0, 0.1) is 16.7 Å². The van der Waals surface area contributed by atoms with Crippen molar-refractivity contribution in [2.75, 3.05) is 5.32 Å². The average molecular weight is 429 g/mol. The molecular weight excluding hydrogens is 408 g/mol. The third-order valence-corrected chi connectivity index (χ3v) is 8.00. The topological polar surface area (TPSA) is 125 Å². The fourth-order valence-corrected chi connectivity index (χ4v) is 6.18. The van der Waals surface area contributed by atoms with Crippen molar-refractivity contribution in [3.8, 4) is 0 Å². The number of fused-ring (bicyclic) bond motifs is 3. The minimum atomic E-state index is -3.88. The minimum absolute atomic E-state index is 0.0248. The van der Waals surface area contributed by atoms with Gasteiger partial charge in [0, 0.05) is 12.2 Å². The Bertz CT molecular complexity index is 1240. The molecule has 4 atom stereocenters. The molecule has 30 heavy (non-hydrogen) atoms. The predicted octanol–water partition coefficient (Wildman–Crippen LogP) is 2.64. The molecule has 2 aromatic heterocycles. The van der Waals surface area contributed by atoms with Gasteiger partial charge in [-0.05, 0) is 49.3 Å². The maximum absolute atomic E-state index is 13.1. The summed E-state index contributed by atoms with van der Waals surface area (Å²) in [6, 6.07) is 9.61. The predicted molar refractivity (Wildman–Crippen MR) is 108 cm³/mol. The SMILES string of the molecule is O=[N+](O)c1cnc2c(ccn2S(=O)(=O)c2ccccc2)c1N[C@@H]1C[C@@H]2C[C@H]1C[C@H]2O. The van der Waals surface area contributed by atoms with E-state index in [1.54, 1.807) is 24.3 Å². The molecule has 156 valence electrons. The Morgan fingerprint density at radius 3 is 2.50 bits per heavy atom. The van der Waals surface area contributed by atoms with E-state index in [0.29, 0.717) is 17.5 Å². The van der Waals surface area contributed by atoms with E-state index in [1.807, 2.05) is 0 Å². The normalized spacial score (nSPS) is 25.6. The number of hydrogen-bond donors (Lipinski definition) is 3. The van der Waals surface area contributed by atoms with Gasteiger partial charge in [0.15, 0.2) is 5.65 Å². The van der Waals surface area contributed by atoms with Crippen LogP contribution in [-0.2, 0) is 10.0 Å². The number of aromatic nitrogens is 2. The van der Waals surface area contributed by atoms with Crippen LogP contribution in [0.3, 0.4) is 0 Å². The Balaban J connectivity index is 1.60. The van der Waals surface area contributed by atoms with Crippen LogP contribution in [0.4, 0.5) is 11.4 Å². The van der Waals surface area contributed by atoms with Gasteiger partial charge in [-0.1, -0.05) is 18.2 Å². The lowest BCUT2D eigenvalue weighted by Crippen LogP contribution is -2.31. The van der Waals surface area contributed by atoms with E-state index in [9.17, 15) is 23.6 Å². The van der Waals surface area contributed by atoms with E-state index >= 15 is 0 Å². The highest BCUT2D eigenvalue weighted by Crippen LogP contribution is 2.47. The summed E-state index contributed by atoms with van der Waals surface area (Å²) in [7, 11) is -3.88. The van der Waals surface area contributed by atoms with Crippen LogP contribution in [0.15, 0.2) is 53.7 Å². The van der Waals surface area contributed by atoms with Crippen molar-refractivity contribution >= 4 is 32.4 Å². The molecule has 0 amide bonds. The van der Waals surface area contributed by atoms with Gasteiger partial charge < -0.3 is 10.4 Å². The van der Waals surface area contributed by atoms with Crippen molar-refractivity contribution < 1.29 is 23.7 Å². The molecular formula is C20H21N4O5S+. The zero-order valence-electron chi connectivity index (χ0n) is 15.9. The standard InChI is InChI=1S/C20H21N4O5S/c25-18-10-12-8-13(18)9-16(12)22-19-15-6-7-23(20(15)21-11-17(19)24(26)27)30(28,29)14-4-2-1-3-5-14/h1-7,11-13,16,18,25H,8-10H2,(H,21,22)(H,26,27)/q+1/t12-,13-,16+,18+/m0/s1. The van der Waals surface area contributed by atoms with Gasteiger partial charge >= 0.3 is 5.69 Å². The lowest BCUT2D eigenvalue weighted by Gasteiger charge is -2.26. The van der Waals surface area contributed by atoms with E-state index in [1.165, 1.54) is 18.3 Å². The van der Waals surface area contributed by atoms with E-state index in [0.717, 1.165) is 23.0 Å². The second kappa shape index (κ2) is 6.78. The summed E-state index contributed by atoms with van der Waals surface area (Å²) in [5.41, 5.74) is 0.419. The number of rotatable bonds is 5. The van der Waals surface area contributed by atoms with Crippen LogP contribution < -0.4 is 5.32 Å². The molecule has 2 heterocycles. The Kier molecular flexibility index (Phi) is 4.30. The van der Waals surface area contributed by atoms with E-state index in [-0.39, 0.29) is 45.1 Å². The van der Waals surface area contributed by atoms with Gasteiger partial charge in [0.25, 0.3) is 14.9 Å². The van der Waals surface area contributed by atoms with E-state index in [4.69, 9.17) is 0 Å². The lowest BCUT2D eigenvalue weighted by molar-refractivity contribution is -0.729. The largest absolute Gasteiger partial charge is 0.393 e. The molecule has 2 aliphatic rings. The molecule has 0 saturated heterocycles. The summed E-state index contributed by atoms with van der Waals surface area (Å²) >= 11 is 0. The van der Waals surface area contributed by atoms with Crippen molar-refractivity contribution in [2.24, 2.45) is 11.8 Å². The summed E-state index contributed by atoms with van der Waals surface area (Å²) in [4.78, 5) is 15.8. The maximum Gasteiger partial charge on any atom is 0.358 e. The Hall–Kier alpha value is -2.98.